The summed E-state index contributed by atoms with van der Waals surface area (Å²) in [5, 5.41) is 3.12. The van der Waals surface area contributed by atoms with Gasteiger partial charge in [-0.05, 0) is 0 Å². The average Bonchev–Trinajstić information content (AvgIpc) is 3.02. The summed E-state index contributed by atoms with van der Waals surface area (Å²) in [6.45, 7) is 18.8. The molecule has 0 unspecified atom stereocenters. The van der Waals surface area contributed by atoms with E-state index in [0.29, 0.717) is 0 Å². The Morgan fingerprint density at radius 3 is 1.14 bits per heavy atom. The molecule has 0 bridgehead atoms. The van der Waals surface area contributed by atoms with Crippen LogP contribution in [0.2, 0.25) is 52.4 Å². The first-order valence-corrected chi connectivity index (χ1v) is 21.1. The molecule has 0 spiro atoms. The molecule has 0 saturated heterocycles. The Kier molecular flexibility index (Phi) is 10.3. The van der Waals surface area contributed by atoms with Gasteiger partial charge in [0.1, 0.15) is 0 Å². The van der Waals surface area contributed by atoms with Crippen LogP contribution in [0.15, 0.2) is 48.5 Å². The Morgan fingerprint density at radius 2 is 1.05 bits per heavy atom. The average molecular weight is 424 g/mol. The van der Waals surface area contributed by atoms with Crippen LogP contribution in [-0.4, -0.2) is 21.6 Å². The summed E-state index contributed by atoms with van der Waals surface area (Å²) in [6, 6.07) is 17.4. The van der Waals surface area contributed by atoms with Crippen molar-refractivity contribution in [3.8, 4) is 0 Å². The van der Waals surface area contributed by atoms with Crippen molar-refractivity contribution >= 4 is 32.0 Å². The zero-order valence-corrected chi connectivity index (χ0v) is 21.1. The van der Waals surface area contributed by atoms with E-state index in [1.165, 1.54) is 0 Å². The zero-order valence-electron chi connectivity index (χ0n) is 15.6. The molecular weight excluding hydrogens is 392 g/mol. The van der Waals surface area contributed by atoms with E-state index < -0.39 is 16.1 Å². The van der Waals surface area contributed by atoms with E-state index in [4.69, 9.17) is 0 Å². The standard InChI is InChI=1S/2C8H13Si.C2H6Si.Zr/c2*1-9(2,3)8-6-4-5-7-8;1-3-2;/h2*4-7H,1-3H3;1-2H3;/q2*-1;;+2. The van der Waals surface area contributed by atoms with Gasteiger partial charge >= 0.3 is 41.9 Å². The zero-order chi connectivity index (χ0) is 17.4. The fourth-order valence-electron chi connectivity index (χ4n) is 1.75. The Hall–Kier alpha value is 0.234. The molecule has 0 saturated carbocycles. The molecule has 2 rings (SSSR count). The first-order valence-electron chi connectivity index (χ1n) is 7.90. The molecule has 0 radical (unpaired) electrons. The summed E-state index contributed by atoms with van der Waals surface area (Å²) >= 11 is 1.74. The predicted molar refractivity (Wildman–Crippen MR) is 108 cm³/mol. The van der Waals surface area contributed by atoms with Crippen LogP contribution in [0.5, 0.6) is 0 Å². The summed E-state index contributed by atoms with van der Waals surface area (Å²) in [6.07, 6.45) is 0. The first kappa shape index (κ1) is 22.2. The number of hydrogen-bond donors (Lipinski definition) is 0. The van der Waals surface area contributed by atoms with Crippen molar-refractivity contribution in [2.75, 3.05) is 0 Å². The Morgan fingerprint density at radius 1 is 0.773 bits per heavy atom. The molecule has 0 atom stereocenters. The molecule has 0 heterocycles. The van der Waals surface area contributed by atoms with Gasteiger partial charge in [0.25, 0.3) is 0 Å². The van der Waals surface area contributed by atoms with Crippen LogP contribution in [0.1, 0.15) is 0 Å². The SMILES string of the molecule is C[Si](C)(C)c1cc[cH-]c1.C[Si](C)(C)c1cc[cH-]c1.C[Si](C)=[Zr+2]. The molecule has 0 aromatic heterocycles. The van der Waals surface area contributed by atoms with Gasteiger partial charge in [0, 0.05) is 16.1 Å². The second-order valence-corrected chi connectivity index (χ2v) is 27.4. The number of hydrogen-bond acceptors (Lipinski definition) is 0. The molecule has 4 heteroatoms. The van der Waals surface area contributed by atoms with E-state index in [1.807, 2.05) is 0 Å². The molecular formula is C18H32Si3Zr. The minimum atomic E-state index is -0.981. The normalized spacial score (nSPS) is 11.0. The monoisotopic (exact) mass is 422 g/mol. The quantitative estimate of drug-likeness (QED) is 0.485. The summed E-state index contributed by atoms with van der Waals surface area (Å²) < 4.78 is 0. The van der Waals surface area contributed by atoms with Crippen LogP contribution >= 0.6 is 0 Å². The summed E-state index contributed by atoms with van der Waals surface area (Å²) in [5.41, 5.74) is 0.210. The van der Waals surface area contributed by atoms with Gasteiger partial charge in [-0.2, -0.15) is 36.4 Å². The van der Waals surface area contributed by atoms with Crippen molar-refractivity contribution in [2.45, 2.75) is 52.4 Å². The van der Waals surface area contributed by atoms with E-state index in [0.717, 1.165) is 0 Å². The second-order valence-electron chi connectivity index (χ2n) is 7.85. The molecule has 120 valence electrons. The molecule has 0 aliphatic heterocycles. The van der Waals surface area contributed by atoms with Gasteiger partial charge in [-0.15, -0.1) is 0 Å². The van der Waals surface area contributed by atoms with Gasteiger partial charge in [0.15, 0.2) is 0 Å². The van der Waals surface area contributed by atoms with Crippen molar-refractivity contribution in [1.82, 2.24) is 0 Å². The fraction of sp³-hybridized carbons (Fsp3) is 0.444. The van der Waals surface area contributed by atoms with Crippen molar-refractivity contribution in [3.05, 3.63) is 48.5 Å². The van der Waals surface area contributed by atoms with Crippen LogP contribution < -0.4 is 10.4 Å². The van der Waals surface area contributed by atoms with E-state index in [-0.39, 0.29) is 5.43 Å². The van der Waals surface area contributed by atoms with Crippen molar-refractivity contribution < 1.29 is 23.3 Å². The molecule has 0 N–H and O–H groups in total. The van der Waals surface area contributed by atoms with Crippen molar-refractivity contribution in [2.24, 2.45) is 0 Å². The third-order valence-electron chi connectivity index (χ3n) is 3.06. The van der Waals surface area contributed by atoms with Gasteiger partial charge in [-0.1, -0.05) is 39.3 Å². The summed E-state index contributed by atoms with van der Waals surface area (Å²) in [7, 11) is -1.96. The predicted octanol–water partition coefficient (Wildman–Crippen LogP) is 4.69. The van der Waals surface area contributed by atoms with Crippen LogP contribution in [0.3, 0.4) is 0 Å². The van der Waals surface area contributed by atoms with Gasteiger partial charge in [0.2, 0.25) is 0 Å². The molecule has 0 amide bonds. The van der Waals surface area contributed by atoms with Crippen molar-refractivity contribution in [3.63, 3.8) is 0 Å². The van der Waals surface area contributed by atoms with Gasteiger partial charge in [-0.25, -0.2) is 22.5 Å². The van der Waals surface area contributed by atoms with Crippen LogP contribution in [0.4, 0.5) is 0 Å². The van der Waals surface area contributed by atoms with Gasteiger partial charge in [0.05, 0.1) is 0 Å². The molecule has 2 aromatic carbocycles. The van der Waals surface area contributed by atoms with Crippen LogP contribution in [0, 0.1) is 0 Å². The van der Waals surface area contributed by atoms with E-state index >= 15 is 0 Å². The fourth-order valence-corrected chi connectivity index (χ4v) is 4.13. The third-order valence-corrected chi connectivity index (χ3v) is 7.19. The van der Waals surface area contributed by atoms with Crippen LogP contribution in [0.25, 0.3) is 0 Å². The first-order chi connectivity index (χ1) is 9.94. The van der Waals surface area contributed by atoms with Crippen molar-refractivity contribution in [1.29, 1.82) is 0 Å². The molecule has 2 aromatic rings. The van der Waals surface area contributed by atoms with Gasteiger partial charge in [-0.3, -0.25) is 0 Å². The van der Waals surface area contributed by atoms with E-state index in [9.17, 15) is 0 Å². The molecule has 0 aliphatic rings. The molecule has 0 nitrogen and oxygen atoms in total. The Labute approximate surface area is 155 Å². The molecule has 0 aliphatic carbocycles. The summed E-state index contributed by atoms with van der Waals surface area (Å²) in [4.78, 5) is 0. The second kappa shape index (κ2) is 10.2. The van der Waals surface area contributed by atoms with Gasteiger partial charge < -0.3 is 0 Å². The Bertz CT molecular complexity index is 463. The maximum atomic E-state index is 2.36. The minimum absolute atomic E-state index is 0.210. The van der Waals surface area contributed by atoms with E-state index in [1.54, 1.807) is 33.7 Å². The summed E-state index contributed by atoms with van der Waals surface area (Å²) in [5.74, 6) is 0. The third kappa shape index (κ3) is 10.9. The maximum absolute atomic E-state index is 2.36. The molecule has 0 fully saturated rings. The Balaban J connectivity index is 0.000000326. The van der Waals surface area contributed by atoms with Crippen LogP contribution in [-0.2, 0) is 23.3 Å². The topological polar surface area (TPSA) is 0 Å². The van der Waals surface area contributed by atoms with E-state index in [2.05, 4.69) is 101 Å². The molecule has 22 heavy (non-hydrogen) atoms. The number of rotatable bonds is 2.